The van der Waals surface area contributed by atoms with Crippen LogP contribution in [-0.2, 0) is 4.74 Å². The zero-order valence-corrected chi connectivity index (χ0v) is 11.9. The van der Waals surface area contributed by atoms with Gasteiger partial charge in [-0.1, -0.05) is 0 Å². The molecule has 3 N–H and O–H groups in total. The number of anilines is 1. The Morgan fingerprint density at radius 2 is 2.11 bits per heavy atom. The summed E-state index contributed by atoms with van der Waals surface area (Å²) >= 11 is 3.33. The van der Waals surface area contributed by atoms with Gasteiger partial charge < -0.3 is 15.8 Å². The monoisotopic (exact) mass is 312 g/mol. The van der Waals surface area contributed by atoms with Gasteiger partial charge >= 0.3 is 0 Å². The van der Waals surface area contributed by atoms with Crippen molar-refractivity contribution in [3.63, 3.8) is 0 Å². The number of nitrogens with two attached hydrogens (primary N) is 1. The van der Waals surface area contributed by atoms with Gasteiger partial charge in [0, 0.05) is 34.5 Å². The first kappa shape index (κ1) is 13.4. The second-order valence-electron chi connectivity index (χ2n) is 4.86. The first-order chi connectivity index (χ1) is 8.50. The molecular formula is C13H17BrN2O2. The normalized spacial score (nSPS) is 18.3. The van der Waals surface area contributed by atoms with Gasteiger partial charge in [0.15, 0.2) is 0 Å². The molecule has 1 heterocycles. The van der Waals surface area contributed by atoms with E-state index in [1.54, 1.807) is 18.2 Å². The zero-order valence-electron chi connectivity index (χ0n) is 10.3. The summed E-state index contributed by atoms with van der Waals surface area (Å²) in [5.41, 5.74) is 6.77. The van der Waals surface area contributed by atoms with Gasteiger partial charge in [0.05, 0.1) is 0 Å². The predicted octanol–water partition coefficient (Wildman–Crippen LogP) is 2.33. The van der Waals surface area contributed by atoms with Crippen molar-refractivity contribution >= 4 is 27.5 Å². The van der Waals surface area contributed by atoms with E-state index in [9.17, 15) is 4.79 Å². The van der Waals surface area contributed by atoms with Crippen molar-refractivity contribution in [1.29, 1.82) is 0 Å². The minimum absolute atomic E-state index is 0.0694. The molecule has 4 nitrogen and oxygen atoms in total. The lowest BCUT2D eigenvalue weighted by Crippen LogP contribution is -2.49. The maximum absolute atomic E-state index is 12.2. The van der Waals surface area contributed by atoms with Crippen LogP contribution in [0.3, 0.4) is 0 Å². The molecule has 2 rings (SSSR count). The van der Waals surface area contributed by atoms with Crippen LogP contribution in [0.25, 0.3) is 0 Å². The fourth-order valence-corrected chi connectivity index (χ4v) is 2.34. The molecule has 18 heavy (non-hydrogen) atoms. The predicted molar refractivity (Wildman–Crippen MR) is 74.5 cm³/mol. The summed E-state index contributed by atoms with van der Waals surface area (Å²) in [4.78, 5) is 12.2. The minimum Gasteiger partial charge on any atom is -0.398 e. The quantitative estimate of drug-likeness (QED) is 0.824. The first-order valence-corrected chi connectivity index (χ1v) is 6.75. The van der Waals surface area contributed by atoms with E-state index in [0.29, 0.717) is 24.5 Å². The number of hydrogen-bond acceptors (Lipinski definition) is 3. The largest absolute Gasteiger partial charge is 0.398 e. The van der Waals surface area contributed by atoms with Gasteiger partial charge in [-0.3, -0.25) is 4.79 Å². The lowest BCUT2D eigenvalue weighted by molar-refractivity contribution is 0.0423. The SMILES string of the molecule is CC1(NC(=O)c2ccc(N)c(Br)c2)CCOCC1. The molecule has 0 saturated carbocycles. The second-order valence-corrected chi connectivity index (χ2v) is 5.72. The van der Waals surface area contributed by atoms with Crippen molar-refractivity contribution in [3.05, 3.63) is 28.2 Å². The Morgan fingerprint density at radius 1 is 1.44 bits per heavy atom. The summed E-state index contributed by atoms with van der Waals surface area (Å²) in [6.45, 7) is 3.45. The fourth-order valence-electron chi connectivity index (χ4n) is 1.96. The third-order valence-corrected chi connectivity index (χ3v) is 3.96. The van der Waals surface area contributed by atoms with Gasteiger partial charge in [0.1, 0.15) is 0 Å². The summed E-state index contributed by atoms with van der Waals surface area (Å²) < 4.78 is 6.05. The van der Waals surface area contributed by atoms with Gasteiger partial charge in [-0.25, -0.2) is 0 Å². The molecule has 98 valence electrons. The highest BCUT2D eigenvalue weighted by Gasteiger charge is 2.29. The molecule has 0 spiro atoms. The molecule has 1 aromatic carbocycles. The van der Waals surface area contributed by atoms with Crippen molar-refractivity contribution in [2.45, 2.75) is 25.3 Å². The van der Waals surface area contributed by atoms with E-state index < -0.39 is 0 Å². The minimum atomic E-state index is -0.177. The summed E-state index contributed by atoms with van der Waals surface area (Å²) in [6, 6.07) is 5.21. The summed E-state index contributed by atoms with van der Waals surface area (Å²) in [7, 11) is 0. The number of hydrogen-bond donors (Lipinski definition) is 2. The standard InChI is InChI=1S/C13H17BrN2O2/c1-13(4-6-18-7-5-13)16-12(17)9-2-3-11(15)10(14)8-9/h2-3,8H,4-7,15H2,1H3,(H,16,17). The first-order valence-electron chi connectivity index (χ1n) is 5.95. The fraction of sp³-hybridized carbons (Fsp3) is 0.462. The van der Waals surface area contributed by atoms with E-state index in [1.165, 1.54) is 0 Å². The molecule has 1 saturated heterocycles. The van der Waals surface area contributed by atoms with Crippen molar-refractivity contribution in [2.75, 3.05) is 18.9 Å². The van der Waals surface area contributed by atoms with Crippen molar-refractivity contribution < 1.29 is 9.53 Å². The van der Waals surface area contributed by atoms with Crippen molar-refractivity contribution in [1.82, 2.24) is 5.32 Å². The summed E-state index contributed by atoms with van der Waals surface area (Å²) in [5.74, 6) is -0.0694. The Labute approximate surface area is 115 Å². The Hall–Kier alpha value is -1.07. The van der Waals surface area contributed by atoms with E-state index >= 15 is 0 Å². The van der Waals surface area contributed by atoms with E-state index in [1.807, 2.05) is 0 Å². The Morgan fingerprint density at radius 3 is 2.72 bits per heavy atom. The average molecular weight is 313 g/mol. The number of halogens is 1. The van der Waals surface area contributed by atoms with Crippen LogP contribution < -0.4 is 11.1 Å². The highest BCUT2D eigenvalue weighted by atomic mass is 79.9. The molecule has 0 bridgehead atoms. The number of rotatable bonds is 2. The molecule has 1 aliphatic heterocycles. The van der Waals surface area contributed by atoms with Crippen LogP contribution in [0.2, 0.25) is 0 Å². The van der Waals surface area contributed by atoms with Crippen LogP contribution in [-0.4, -0.2) is 24.7 Å². The van der Waals surface area contributed by atoms with Crippen LogP contribution in [0.4, 0.5) is 5.69 Å². The van der Waals surface area contributed by atoms with E-state index in [4.69, 9.17) is 10.5 Å². The number of nitrogens with one attached hydrogen (secondary N) is 1. The molecule has 0 radical (unpaired) electrons. The number of carbonyl (C=O) groups is 1. The lowest BCUT2D eigenvalue weighted by atomic mass is 9.92. The molecule has 1 aromatic rings. The van der Waals surface area contributed by atoms with Crippen LogP contribution >= 0.6 is 15.9 Å². The number of amides is 1. The lowest BCUT2D eigenvalue weighted by Gasteiger charge is -2.34. The maximum Gasteiger partial charge on any atom is 0.251 e. The van der Waals surface area contributed by atoms with Crippen LogP contribution in [0.15, 0.2) is 22.7 Å². The van der Waals surface area contributed by atoms with Crippen molar-refractivity contribution in [3.8, 4) is 0 Å². The summed E-state index contributed by atoms with van der Waals surface area (Å²) in [6.07, 6.45) is 1.68. The smallest absolute Gasteiger partial charge is 0.251 e. The van der Waals surface area contributed by atoms with Crippen LogP contribution in [0.5, 0.6) is 0 Å². The molecule has 0 aliphatic carbocycles. The van der Waals surface area contributed by atoms with Gasteiger partial charge in [-0.05, 0) is 53.9 Å². The molecule has 1 amide bonds. The van der Waals surface area contributed by atoms with E-state index in [-0.39, 0.29) is 11.4 Å². The Balaban J connectivity index is 2.09. The third kappa shape index (κ3) is 3.03. The average Bonchev–Trinajstić information content (AvgIpc) is 2.33. The highest BCUT2D eigenvalue weighted by molar-refractivity contribution is 9.10. The third-order valence-electron chi connectivity index (χ3n) is 3.27. The summed E-state index contributed by atoms with van der Waals surface area (Å²) in [5, 5.41) is 3.08. The maximum atomic E-state index is 12.2. The van der Waals surface area contributed by atoms with Gasteiger partial charge in [0.2, 0.25) is 0 Å². The number of ether oxygens (including phenoxy) is 1. The van der Waals surface area contributed by atoms with Gasteiger partial charge in [0.25, 0.3) is 5.91 Å². The topological polar surface area (TPSA) is 64.4 Å². The molecule has 5 heteroatoms. The molecule has 0 aromatic heterocycles. The van der Waals surface area contributed by atoms with Crippen LogP contribution in [0, 0.1) is 0 Å². The molecule has 0 unspecified atom stereocenters. The highest BCUT2D eigenvalue weighted by Crippen LogP contribution is 2.23. The molecule has 0 atom stereocenters. The number of benzene rings is 1. The molecule has 1 aliphatic rings. The van der Waals surface area contributed by atoms with Crippen molar-refractivity contribution in [2.24, 2.45) is 0 Å². The van der Waals surface area contributed by atoms with Crippen LogP contribution in [0.1, 0.15) is 30.1 Å². The molecule has 1 fully saturated rings. The van der Waals surface area contributed by atoms with Gasteiger partial charge in [-0.2, -0.15) is 0 Å². The Bertz CT molecular complexity index is 456. The zero-order chi connectivity index (χ0) is 13.2. The van der Waals surface area contributed by atoms with E-state index in [2.05, 4.69) is 28.2 Å². The van der Waals surface area contributed by atoms with E-state index in [0.717, 1.165) is 17.3 Å². The second kappa shape index (κ2) is 5.28. The number of nitrogen functional groups attached to an aromatic ring is 1. The Kier molecular flexibility index (Phi) is 3.92. The number of carbonyl (C=O) groups excluding carboxylic acids is 1. The molecular weight excluding hydrogens is 296 g/mol. The van der Waals surface area contributed by atoms with Gasteiger partial charge in [-0.15, -0.1) is 0 Å².